The van der Waals surface area contributed by atoms with Gasteiger partial charge in [0.2, 0.25) is 0 Å². The first-order valence-corrected chi connectivity index (χ1v) is 15.9. The maximum atomic E-state index is 13.6. The molecule has 3 N–H and O–H groups in total. The number of alkyl halides is 3. The van der Waals surface area contributed by atoms with Crippen molar-refractivity contribution in [3.05, 3.63) is 48.2 Å². The lowest BCUT2D eigenvalue weighted by atomic mass is 10.0. The number of piperidine rings is 1. The van der Waals surface area contributed by atoms with Crippen molar-refractivity contribution in [1.82, 2.24) is 9.47 Å². The number of hydrogen-bond acceptors (Lipinski definition) is 8. The molecule has 0 unspecified atom stereocenters. The van der Waals surface area contributed by atoms with Crippen molar-refractivity contribution >= 4 is 38.3 Å². The molecule has 238 valence electrons. The van der Waals surface area contributed by atoms with Crippen LogP contribution < -0.4 is 15.4 Å². The van der Waals surface area contributed by atoms with Crippen LogP contribution in [0.3, 0.4) is 0 Å². The highest BCUT2D eigenvalue weighted by Gasteiger charge is 2.30. The lowest BCUT2D eigenvalue weighted by Gasteiger charge is -2.33. The van der Waals surface area contributed by atoms with E-state index in [4.69, 9.17) is 9.84 Å². The number of benzene rings is 2. The van der Waals surface area contributed by atoms with E-state index >= 15 is 0 Å². The summed E-state index contributed by atoms with van der Waals surface area (Å²) in [5.74, 6) is 6.05. The van der Waals surface area contributed by atoms with Crippen LogP contribution in [0.2, 0.25) is 0 Å². The molecule has 0 saturated carbocycles. The maximum Gasteiger partial charge on any atom is 0.505 e. The first-order valence-electron chi connectivity index (χ1n) is 14.0. The Morgan fingerprint density at radius 3 is 2.55 bits per heavy atom. The van der Waals surface area contributed by atoms with Crippen molar-refractivity contribution < 1.29 is 41.0 Å². The molecule has 0 bridgehead atoms. The van der Waals surface area contributed by atoms with E-state index in [1.54, 1.807) is 24.3 Å². The normalized spacial score (nSPS) is 14.6. The number of carbonyl (C=O) groups is 1. The Morgan fingerprint density at radius 1 is 1.14 bits per heavy atom. The minimum atomic E-state index is -4.46. The molecular weight excluding hydrogens is 601 g/mol. The van der Waals surface area contributed by atoms with Crippen LogP contribution in [0, 0.1) is 11.8 Å². The molecule has 2 aromatic carbocycles. The van der Waals surface area contributed by atoms with E-state index in [1.807, 2.05) is 6.07 Å². The van der Waals surface area contributed by atoms with E-state index < -0.39 is 28.7 Å². The standard InChI is InChI=1S/C30H35F3N4O6S/c1-42-28-19-23(44(2,40)41)9-10-26(28)34-13-4-6-22-18-24-25(7-3-8-27(24)37(22)20-30(31,32)33)35-21-11-15-36(16-12-21)14-5-17-43-29(38)39/h3,7-10,18-19,21,34-35H,5,11-17,20H2,1-2H3,(H,38,39). The van der Waals surface area contributed by atoms with Crippen LogP contribution in [0.4, 0.5) is 29.3 Å². The van der Waals surface area contributed by atoms with E-state index in [0.29, 0.717) is 28.8 Å². The van der Waals surface area contributed by atoms with Crippen LogP contribution in [0.5, 0.6) is 5.75 Å². The smallest absolute Gasteiger partial charge is 0.495 e. The topological polar surface area (TPSA) is 122 Å². The zero-order chi connectivity index (χ0) is 31.9. The molecule has 14 heteroatoms. The largest absolute Gasteiger partial charge is 0.505 e. The second-order valence-corrected chi connectivity index (χ2v) is 12.5. The SMILES string of the molecule is COc1cc(S(C)(=O)=O)ccc1NCC#Cc1cc2c(NC3CCN(CCCOC(=O)O)CC3)cccc2n1CC(F)(F)F. The number of anilines is 2. The first-order chi connectivity index (χ1) is 20.8. The fourth-order valence-corrected chi connectivity index (χ4v) is 5.79. The van der Waals surface area contributed by atoms with Crippen molar-refractivity contribution in [3.8, 4) is 17.6 Å². The molecule has 10 nitrogen and oxygen atoms in total. The number of likely N-dealkylation sites (tertiary alicyclic amines) is 1. The third-order valence-electron chi connectivity index (χ3n) is 7.26. The van der Waals surface area contributed by atoms with Gasteiger partial charge in [0.25, 0.3) is 0 Å². The summed E-state index contributed by atoms with van der Waals surface area (Å²) < 4.78 is 75.5. The number of nitrogens with one attached hydrogen (secondary N) is 2. The van der Waals surface area contributed by atoms with E-state index in [0.717, 1.165) is 49.0 Å². The molecule has 2 heterocycles. The summed E-state index contributed by atoms with van der Waals surface area (Å²) in [6, 6.07) is 11.4. The van der Waals surface area contributed by atoms with Crippen molar-refractivity contribution in [2.45, 2.75) is 42.9 Å². The number of rotatable bonds is 11. The summed E-state index contributed by atoms with van der Waals surface area (Å²) in [6.45, 7) is 1.38. The van der Waals surface area contributed by atoms with Gasteiger partial charge < -0.3 is 34.7 Å². The first kappa shape index (κ1) is 32.8. The molecule has 0 aliphatic carbocycles. The molecule has 1 aliphatic heterocycles. The van der Waals surface area contributed by atoms with E-state index in [1.165, 1.54) is 19.2 Å². The number of fused-ring (bicyclic) bond motifs is 1. The Morgan fingerprint density at radius 2 is 1.89 bits per heavy atom. The molecule has 0 amide bonds. The van der Waals surface area contributed by atoms with Gasteiger partial charge in [-0.1, -0.05) is 12.0 Å². The van der Waals surface area contributed by atoms with Crippen LogP contribution in [-0.2, 0) is 21.1 Å². The van der Waals surface area contributed by atoms with Crippen LogP contribution in [-0.4, -0.2) is 87.5 Å². The van der Waals surface area contributed by atoms with Gasteiger partial charge in [-0.2, -0.15) is 13.2 Å². The summed E-state index contributed by atoms with van der Waals surface area (Å²) in [5, 5.41) is 15.8. The Labute approximate surface area is 254 Å². The molecule has 1 fully saturated rings. The fraction of sp³-hybridized carbons (Fsp3) is 0.433. The molecule has 3 aromatic rings. The lowest BCUT2D eigenvalue weighted by molar-refractivity contribution is -0.140. The number of halogens is 3. The van der Waals surface area contributed by atoms with Crippen molar-refractivity contribution in [3.63, 3.8) is 0 Å². The van der Waals surface area contributed by atoms with Gasteiger partial charge in [0.05, 0.1) is 42.1 Å². The van der Waals surface area contributed by atoms with Crippen LogP contribution in [0.15, 0.2) is 47.4 Å². The van der Waals surface area contributed by atoms with Crippen LogP contribution >= 0.6 is 0 Å². The Kier molecular flexibility index (Phi) is 10.5. The molecule has 44 heavy (non-hydrogen) atoms. The van der Waals surface area contributed by atoms with Gasteiger partial charge in [-0.25, -0.2) is 13.2 Å². The molecule has 0 atom stereocenters. The predicted molar refractivity (Wildman–Crippen MR) is 161 cm³/mol. The highest BCUT2D eigenvalue weighted by atomic mass is 32.2. The summed E-state index contributed by atoms with van der Waals surface area (Å²) in [7, 11) is -2.02. The Hall–Kier alpha value is -4.09. The van der Waals surface area contributed by atoms with Crippen molar-refractivity contribution in [2.24, 2.45) is 0 Å². The number of sulfone groups is 1. The van der Waals surface area contributed by atoms with Gasteiger partial charge in [0, 0.05) is 49.1 Å². The molecular formula is C30H35F3N4O6S. The van der Waals surface area contributed by atoms with Crippen LogP contribution in [0.1, 0.15) is 25.0 Å². The third kappa shape index (κ3) is 8.96. The van der Waals surface area contributed by atoms with Gasteiger partial charge in [0.1, 0.15) is 12.3 Å². The van der Waals surface area contributed by atoms with E-state index in [9.17, 15) is 26.4 Å². The molecule has 1 saturated heterocycles. The van der Waals surface area contributed by atoms with E-state index in [2.05, 4.69) is 32.1 Å². The number of carboxylic acid groups (broad SMARTS) is 1. The number of nitrogens with zero attached hydrogens (tertiary/aromatic N) is 2. The monoisotopic (exact) mass is 636 g/mol. The average molecular weight is 637 g/mol. The summed E-state index contributed by atoms with van der Waals surface area (Å²) >= 11 is 0. The Bertz CT molecular complexity index is 1640. The van der Waals surface area contributed by atoms with Gasteiger partial charge in [-0.3, -0.25) is 0 Å². The number of aromatic nitrogens is 1. The highest BCUT2D eigenvalue weighted by molar-refractivity contribution is 7.90. The minimum Gasteiger partial charge on any atom is -0.495 e. The second-order valence-electron chi connectivity index (χ2n) is 10.5. The maximum absolute atomic E-state index is 13.6. The fourth-order valence-electron chi connectivity index (χ4n) is 5.15. The Balaban J connectivity index is 1.48. The van der Waals surface area contributed by atoms with Gasteiger partial charge in [-0.15, -0.1) is 0 Å². The molecule has 1 aliphatic rings. The van der Waals surface area contributed by atoms with Gasteiger partial charge in [-0.05, 0) is 55.5 Å². The number of methoxy groups -OCH3 is 1. The second kappa shape index (κ2) is 14.1. The molecule has 1 aromatic heterocycles. The van der Waals surface area contributed by atoms with Gasteiger partial charge >= 0.3 is 12.3 Å². The number of hydrogen-bond donors (Lipinski definition) is 3. The highest BCUT2D eigenvalue weighted by Crippen LogP contribution is 2.32. The van der Waals surface area contributed by atoms with Gasteiger partial charge in [0.15, 0.2) is 9.84 Å². The van der Waals surface area contributed by atoms with E-state index in [-0.39, 0.29) is 29.8 Å². The average Bonchev–Trinajstić information content (AvgIpc) is 3.30. The summed E-state index contributed by atoms with van der Waals surface area (Å²) in [5.41, 5.74) is 1.86. The molecule has 0 spiro atoms. The molecule has 0 radical (unpaired) electrons. The quantitative estimate of drug-likeness (QED) is 0.151. The van der Waals surface area contributed by atoms with Crippen LogP contribution in [0.25, 0.3) is 10.9 Å². The summed E-state index contributed by atoms with van der Waals surface area (Å²) in [4.78, 5) is 12.8. The lowest BCUT2D eigenvalue weighted by Crippen LogP contribution is -2.39. The molecule has 4 rings (SSSR count). The zero-order valence-corrected chi connectivity index (χ0v) is 25.2. The third-order valence-corrected chi connectivity index (χ3v) is 8.37. The summed E-state index contributed by atoms with van der Waals surface area (Å²) in [6.07, 6.45) is -2.38. The van der Waals surface area contributed by atoms with Crippen molar-refractivity contribution in [1.29, 1.82) is 0 Å². The predicted octanol–water partition coefficient (Wildman–Crippen LogP) is 5.04. The number of ether oxygens (including phenoxy) is 2. The minimum absolute atomic E-state index is 0.0776. The zero-order valence-electron chi connectivity index (χ0n) is 24.4. The van der Waals surface area contributed by atoms with Crippen molar-refractivity contribution in [2.75, 3.05) is 56.8 Å².